The topological polar surface area (TPSA) is 34.5 Å². The van der Waals surface area contributed by atoms with Gasteiger partial charge in [-0.15, -0.1) is 0 Å². The molecular formula is C20H20N2O2S. The van der Waals surface area contributed by atoms with Crippen molar-refractivity contribution in [2.75, 3.05) is 20.7 Å². The summed E-state index contributed by atoms with van der Waals surface area (Å²) in [6.07, 6.45) is 1.05. The van der Waals surface area contributed by atoms with E-state index in [0.29, 0.717) is 5.56 Å². The van der Waals surface area contributed by atoms with Crippen molar-refractivity contribution >= 4 is 28.6 Å². The number of para-hydroxylation sites is 1. The average molecular weight is 352 g/mol. The van der Waals surface area contributed by atoms with Crippen LogP contribution in [0.15, 0.2) is 58.3 Å². The fourth-order valence-corrected chi connectivity index (χ4v) is 4.47. The Kier molecular flexibility index (Phi) is 4.27. The van der Waals surface area contributed by atoms with Crippen molar-refractivity contribution in [1.29, 1.82) is 0 Å². The molecule has 2 aromatic carbocycles. The maximum atomic E-state index is 11.6. The first-order valence-electron chi connectivity index (χ1n) is 8.32. The van der Waals surface area contributed by atoms with E-state index in [1.54, 1.807) is 11.8 Å². The highest BCUT2D eigenvalue weighted by molar-refractivity contribution is 7.99. The standard InChI is InChI=1S/C20H20N2O2S/c1-21-12-11-18-19(16-5-3-4-6-17(16)22(18)13-21)25-15-9-7-14(8-10-15)20(23)24-2/h3-10H,11-13H2,1-2H3. The van der Waals surface area contributed by atoms with E-state index in [2.05, 4.69) is 40.8 Å². The van der Waals surface area contributed by atoms with E-state index in [1.165, 1.54) is 28.6 Å². The van der Waals surface area contributed by atoms with Gasteiger partial charge in [0.15, 0.2) is 0 Å². The molecular weight excluding hydrogens is 332 g/mol. The molecule has 0 spiro atoms. The number of benzene rings is 2. The lowest BCUT2D eigenvalue weighted by atomic mass is 10.2. The molecule has 0 saturated carbocycles. The zero-order valence-electron chi connectivity index (χ0n) is 14.4. The maximum absolute atomic E-state index is 11.6. The molecule has 4 nitrogen and oxygen atoms in total. The van der Waals surface area contributed by atoms with Crippen molar-refractivity contribution in [1.82, 2.24) is 9.47 Å². The number of nitrogens with zero attached hydrogens (tertiary/aromatic N) is 2. The van der Waals surface area contributed by atoms with Crippen LogP contribution in [0, 0.1) is 0 Å². The highest BCUT2D eigenvalue weighted by Gasteiger charge is 2.22. The minimum atomic E-state index is -0.300. The lowest BCUT2D eigenvalue weighted by Crippen LogP contribution is -2.30. The van der Waals surface area contributed by atoms with E-state index in [-0.39, 0.29) is 5.97 Å². The van der Waals surface area contributed by atoms with Gasteiger partial charge in [0, 0.05) is 33.8 Å². The molecule has 4 rings (SSSR count). The number of hydrogen-bond acceptors (Lipinski definition) is 4. The van der Waals surface area contributed by atoms with Crippen LogP contribution in [0.4, 0.5) is 0 Å². The Morgan fingerprint density at radius 1 is 1.12 bits per heavy atom. The second-order valence-corrected chi connectivity index (χ2v) is 7.39. The van der Waals surface area contributed by atoms with Gasteiger partial charge in [0.05, 0.1) is 24.9 Å². The van der Waals surface area contributed by atoms with Gasteiger partial charge in [-0.1, -0.05) is 30.0 Å². The molecule has 1 aliphatic heterocycles. The van der Waals surface area contributed by atoms with Crippen molar-refractivity contribution in [3.8, 4) is 0 Å². The number of carbonyl (C=O) groups excluding carboxylic acids is 1. The Bertz CT molecular complexity index is 931. The number of ether oxygens (including phenoxy) is 1. The van der Waals surface area contributed by atoms with Crippen LogP contribution in [0.25, 0.3) is 10.9 Å². The predicted molar refractivity (Wildman–Crippen MR) is 100 cm³/mol. The van der Waals surface area contributed by atoms with Gasteiger partial charge in [-0.05, 0) is 37.4 Å². The minimum Gasteiger partial charge on any atom is -0.465 e. The molecule has 0 amide bonds. The van der Waals surface area contributed by atoms with Crippen LogP contribution < -0.4 is 0 Å². The van der Waals surface area contributed by atoms with E-state index >= 15 is 0 Å². The first kappa shape index (κ1) is 16.2. The van der Waals surface area contributed by atoms with Crippen molar-refractivity contribution in [3.63, 3.8) is 0 Å². The Morgan fingerprint density at radius 3 is 2.64 bits per heavy atom. The SMILES string of the molecule is COC(=O)c1ccc(Sc2c3n(c4ccccc24)CN(C)CC3)cc1. The molecule has 5 heteroatoms. The molecule has 0 aliphatic carbocycles. The summed E-state index contributed by atoms with van der Waals surface area (Å²) in [7, 11) is 3.57. The van der Waals surface area contributed by atoms with Gasteiger partial charge in [-0.3, -0.25) is 4.90 Å². The molecule has 128 valence electrons. The maximum Gasteiger partial charge on any atom is 0.337 e. The number of fused-ring (bicyclic) bond motifs is 3. The Hall–Kier alpha value is -2.24. The fraction of sp³-hybridized carbons (Fsp3) is 0.250. The number of aromatic nitrogens is 1. The predicted octanol–water partition coefficient (Wildman–Crippen LogP) is 4.02. The normalized spacial score (nSPS) is 14.5. The number of hydrogen-bond donors (Lipinski definition) is 0. The van der Waals surface area contributed by atoms with Crippen LogP contribution in [0.3, 0.4) is 0 Å². The molecule has 25 heavy (non-hydrogen) atoms. The van der Waals surface area contributed by atoms with Gasteiger partial charge in [-0.2, -0.15) is 0 Å². The summed E-state index contributed by atoms with van der Waals surface area (Å²) in [6, 6.07) is 16.2. The third-order valence-corrected chi connectivity index (χ3v) is 5.80. The van der Waals surface area contributed by atoms with Gasteiger partial charge in [0.1, 0.15) is 0 Å². The van der Waals surface area contributed by atoms with E-state index in [1.807, 2.05) is 24.3 Å². The summed E-state index contributed by atoms with van der Waals surface area (Å²) in [5.74, 6) is -0.300. The van der Waals surface area contributed by atoms with Gasteiger partial charge >= 0.3 is 5.97 Å². The van der Waals surface area contributed by atoms with Crippen molar-refractivity contribution in [2.45, 2.75) is 22.9 Å². The average Bonchev–Trinajstić information content (AvgIpc) is 2.95. The van der Waals surface area contributed by atoms with Crippen LogP contribution in [0.1, 0.15) is 16.1 Å². The zero-order chi connectivity index (χ0) is 17.4. The molecule has 0 atom stereocenters. The van der Waals surface area contributed by atoms with Crippen molar-refractivity contribution < 1.29 is 9.53 Å². The monoisotopic (exact) mass is 352 g/mol. The summed E-state index contributed by atoms with van der Waals surface area (Å²) in [5, 5.41) is 1.30. The molecule has 1 aliphatic rings. The van der Waals surface area contributed by atoms with Crippen LogP contribution >= 0.6 is 11.8 Å². The highest BCUT2D eigenvalue weighted by atomic mass is 32.2. The van der Waals surface area contributed by atoms with E-state index in [4.69, 9.17) is 4.74 Å². The first-order chi connectivity index (χ1) is 12.2. The molecule has 2 heterocycles. The first-order valence-corrected chi connectivity index (χ1v) is 9.14. The molecule has 0 bridgehead atoms. The Labute approximate surface area is 151 Å². The molecule has 3 aromatic rings. The smallest absolute Gasteiger partial charge is 0.337 e. The molecule has 0 radical (unpaired) electrons. The van der Waals surface area contributed by atoms with Gasteiger partial charge in [-0.25, -0.2) is 4.79 Å². The van der Waals surface area contributed by atoms with Crippen molar-refractivity contribution in [3.05, 3.63) is 59.8 Å². The molecule has 0 fully saturated rings. The molecule has 0 N–H and O–H groups in total. The van der Waals surface area contributed by atoms with Gasteiger partial charge in [0.2, 0.25) is 0 Å². The third kappa shape index (κ3) is 2.94. The molecule has 0 unspecified atom stereocenters. The third-order valence-electron chi connectivity index (χ3n) is 4.64. The largest absolute Gasteiger partial charge is 0.465 e. The minimum absolute atomic E-state index is 0.300. The van der Waals surface area contributed by atoms with Gasteiger partial charge < -0.3 is 9.30 Å². The second-order valence-electron chi connectivity index (χ2n) is 6.31. The van der Waals surface area contributed by atoms with Gasteiger partial charge in [0.25, 0.3) is 0 Å². The molecule has 0 saturated heterocycles. The van der Waals surface area contributed by atoms with Crippen LogP contribution in [-0.2, 0) is 17.8 Å². The van der Waals surface area contributed by atoms with Crippen molar-refractivity contribution in [2.24, 2.45) is 0 Å². The van der Waals surface area contributed by atoms with Crippen LogP contribution in [0.2, 0.25) is 0 Å². The van der Waals surface area contributed by atoms with E-state index in [9.17, 15) is 4.79 Å². The zero-order valence-corrected chi connectivity index (χ0v) is 15.2. The second kappa shape index (κ2) is 6.58. The van der Waals surface area contributed by atoms with E-state index in [0.717, 1.165) is 24.5 Å². The highest BCUT2D eigenvalue weighted by Crippen LogP contribution is 2.40. The number of likely N-dealkylation sites (N-methyl/N-ethyl adjacent to an activating group) is 1. The summed E-state index contributed by atoms with van der Waals surface area (Å²) >= 11 is 1.78. The summed E-state index contributed by atoms with van der Waals surface area (Å²) in [6.45, 7) is 2.00. The Balaban J connectivity index is 1.73. The number of esters is 1. The number of carbonyl (C=O) groups is 1. The fourth-order valence-electron chi connectivity index (χ4n) is 3.35. The van der Waals surface area contributed by atoms with Crippen LogP contribution in [-0.4, -0.2) is 36.1 Å². The number of rotatable bonds is 3. The van der Waals surface area contributed by atoms with Crippen LogP contribution in [0.5, 0.6) is 0 Å². The summed E-state index contributed by atoms with van der Waals surface area (Å²) < 4.78 is 7.19. The summed E-state index contributed by atoms with van der Waals surface area (Å²) in [4.78, 5) is 16.4. The lowest BCUT2D eigenvalue weighted by molar-refractivity contribution is 0.0600. The Morgan fingerprint density at radius 2 is 1.88 bits per heavy atom. The number of methoxy groups -OCH3 is 1. The lowest BCUT2D eigenvalue weighted by Gasteiger charge is -2.26. The summed E-state index contributed by atoms with van der Waals surface area (Å²) in [5.41, 5.74) is 3.27. The quantitative estimate of drug-likeness (QED) is 0.667. The van der Waals surface area contributed by atoms with E-state index < -0.39 is 0 Å². The molecule has 1 aromatic heterocycles.